The van der Waals surface area contributed by atoms with E-state index < -0.39 is 6.10 Å². The van der Waals surface area contributed by atoms with Crippen LogP contribution in [-0.2, 0) is 4.74 Å². The summed E-state index contributed by atoms with van der Waals surface area (Å²) in [4.78, 5) is 12.4. The van der Waals surface area contributed by atoms with Crippen molar-refractivity contribution in [1.82, 2.24) is 0 Å². The third-order valence-electron chi connectivity index (χ3n) is 2.59. The maximum Gasteiger partial charge on any atom is 0.338 e. The lowest BCUT2D eigenvalue weighted by atomic mass is 10.0. The summed E-state index contributed by atoms with van der Waals surface area (Å²) in [6.45, 7) is 1.89. The largest absolute Gasteiger partial charge is 0.465 e. The molecule has 2 rings (SSSR count). The zero-order valence-corrected chi connectivity index (χ0v) is 9.43. The van der Waals surface area contributed by atoms with E-state index in [1.54, 1.807) is 23.9 Å². The van der Waals surface area contributed by atoms with Crippen LogP contribution < -0.4 is 0 Å². The first-order valence-corrected chi connectivity index (χ1v) is 5.66. The highest BCUT2D eigenvalue weighted by Gasteiger charge is 2.25. The smallest absolute Gasteiger partial charge is 0.338 e. The van der Waals surface area contributed by atoms with Gasteiger partial charge in [0.05, 0.1) is 18.8 Å². The zero-order valence-electron chi connectivity index (χ0n) is 8.61. The Balaban J connectivity index is 2.51. The van der Waals surface area contributed by atoms with Crippen molar-refractivity contribution in [3.05, 3.63) is 28.8 Å². The van der Waals surface area contributed by atoms with Crippen LogP contribution in [0.15, 0.2) is 17.0 Å². The fourth-order valence-electron chi connectivity index (χ4n) is 1.75. The molecule has 80 valence electrons. The number of thioether (sulfide) groups is 1. The van der Waals surface area contributed by atoms with Gasteiger partial charge in [0, 0.05) is 10.6 Å². The molecule has 0 fully saturated rings. The van der Waals surface area contributed by atoms with E-state index in [2.05, 4.69) is 0 Å². The molecular weight excluding hydrogens is 212 g/mol. The molecule has 1 atom stereocenters. The van der Waals surface area contributed by atoms with Crippen molar-refractivity contribution in [3.8, 4) is 0 Å². The molecule has 0 amide bonds. The van der Waals surface area contributed by atoms with Crippen LogP contribution in [0.1, 0.15) is 27.6 Å². The molecule has 15 heavy (non-hydrogen) atoms. The van der Waals surface area contributed by atoms with Crippen LogP contribution in [0.4, 0.5) is 0 Å². The zero-order chi connectivity index (χ0) is 11.0. The van der Waals surface area contributed by atoms with E-state index in [9.17, 15) is 9.90 Å². The molecule has 0 saturated carbocycles. The molecule has 0 saturated heterocycles. The number of methoxy groups -OCH3 is 1. The van der Waals surface area contributed by atoms with Crippen molar-refractivity contribution in [2.45, 2.75) is 17.9 Å². The molecule has 1 N–H and O–H groups in total. The van der Waals surface area contributed by atoms with Gasteiger partial charge in [0.15, 0.2) is 0 Å². The van der Waals surface area contributed by atoms with Gasteiger partial charge in [0.2, 0.25) is 0 Å². The summed E-state index contributed by atoms with van der Waals surface area (Å²) in [6.07, 6.45) is -0.407. The van der Waals surface area contributed by atoms with E-state index in [0.29, 0.717) is 11.3 Å². The number of ether oxygens (including phenoxy) is 1. The van der Waals surface area contributed by atoms with Gasteiger partial charge in [0.1, 0.15) is 0 Å². The van der Waals surface area contributed by atoms with Gasteiger partial charge in [-0.2, -0.15) is 0 Å². The first kappa shape index (κ1) is 10.5. The Bertz CT molecular complexity index is 415. The standard InChI is InChI=1S/C11H12O3S/c1-6-7(11(13)14-2)3-4-8-9(12)5-15-10(6)8/h3-4,9,12H,5H2,1-2H3. The summed E-state index contributed by atoms with van der Waals surface area (Å²) in [5.74, 6) is 0.346. The number of carbonyl (C=O) groups is 1. The maximum absolute atomic E-state index is 11.4. The number of fused-ring (bicyclic) bond motifs is 1. The minimum Gasteiger partial charge on any atom is -0.465 e. The van der Waals surface area contributed by atoms with E-state index in [0.717, 1.165) is 16.0 Å². The molecule has 1 aromatic rings. The Morgan fingerprint density at radius 3 is 3.00 bits per heavy atom. The number of carbonyl (C=O) groups excluding carboxylic acids is 1. The van der Waals surface area contributed by atoms with Crippen LogP contribution in [-0.4, -0.2) is 23.9 Å². The minimum absolute atomic E-state index is 0.322. The van der Waals surface area contributed by atoms with Crippen molar-refractivity contribution >= 4 is 17.7 Å². The summed E-state index contributed by atoms with van der Waals surface area (Å²) >= 11 is 1.59. The Morgan fingerprint density at radius 1 is 1.60 bits per heavy atom. The number of hydrogen-bond acceptors (Lipinski definition) is 4. The molecule has 0 spiro atoms. The lowest BCUT2D eigenvalue weighted by Gasteiger charge is -2.09. The molecule has 1 aliphatic rings. The predicted octanol–water partition coefficient (Wildman–Crippen LogP) is 1.92. The highest BCUT2D eigenvalue weighted by atomic mass is 32.2. The number of aliphatic hydroxyl groups is 1. The van der Waals surface area contributed by atoms with Crippen LogP contribution in [0, 0.1) is 6.92 Å². The van der Waals surface area contributed by atoms with Gasteiger partial charge in [-0.15, -0.1) is 11.8 Å². The number of hydrogen-bond donors (Lipinski definition) is 1. The summed E-state index contributed by atoms with van der Waals surface area (Å²) in [6, 6.07) is 3.52. The molecular formula is C11H12O3S. The van der Waals surface area contributed by atoms with Gasteiger partial charge in [-0.25, -0.2) is 4.79 Å². The van der Waals surface area contributed by atoms with Gasteiger partial charge in [-0.05, 0) is 24.1 Å². The number of aliphatic hydroxyl groups excluding tert-OH is 1. The van der Waals surface area contributed by atoms with Crippen molar-refractivity contribution in [2.75, 3.05) is 12.9 Å². The van der Waals surface area contributed by atoms with E-state index >= 15 is 0 Å². The van der Waals surface area contributed by atoms with Gasteiger partial charge in [-0.1, -0.05) is 6.07 Å². The fraction of sp³-hybridized carbons (Fsp3) is 0.364. The Hall–Kier alpha value is -1.00. The quantitative estimate of drug-likeness (QED) is 0.740. The summed E-state index contributed by atoms with van der Waals surface area (Å²) < 4.78 is 4.69. The van der Waals surface area contributed by atoms with Crippen molar-refractivity contribution in [2.24, 2.45) is 0 Å². The number of esters is 1. The second kappa shape index (κ2) is 3.87. The van der Waals surface area contributed by atoms with E-state index in [4.69, 9.17) is 4.74 Å². The topological polar surface area (TPSA) is 46.5 Å². The molecule has 0 aromatic heterocycles. The molecule has 1 aliphatic heterocycles. The second-order valence-electron chi connectivity index (χ2n) is 3.47. The van der Waals surface area contributed by atoms with E-state index in [1.807, 2.05) is 6.92 Å². The maximum atomic E-state index is 11.4. The Kier molecular flexibility index (Phi) is 2.71. The number of benzene rings is 1. The number of rotatable bonds is 1. The van der Waals surface area contributed by atoms with Gasteiger partial charge in [-0.3, -0.25) is 0 Å². The lowest BCUT2D eigenvalue weighted by Crippen LogP contribution is -2.05. The predicted molar refractivity (Wildman–Crippen MR) is 58.2 cm³/mol. The highest BCUT2D eigenvalue weighted by Crippen LogP contribution is 2.41. The molecule has 1 heterocycles. The highest BCUT2D eigenvalue weighted by molar-refractivity contribution is 7.99. The molecule has 3 nitrogen and oxygen atoms in total. The normalized spacial score (nSPS) is 18.7. The average Bonchev–Trinajstić information content (AvgIpc) is 2.61. The molecule has 0 bridgehead atoms. The lowest BCUT2D eigenvalue weighted by molar-refractivity contribution is 0.0599. The minimum atomic E-state index is -0.407. The monoisotopic (exact) mass is 224 g/mol. The average molecular weight is 224 g/mol. The van der Waals surface area contributed by atoms with Crippen LogP contribution >= 0.6 is 11.8 Å². The molecule has 4 heteroatoms. The van der Waals surface area contributed by atoms with Crippen molar-refractivity contribution < 1.29 is 14.6 Å². The third kappa shape index (κ3) is 1.64. The van der Waals surface area contributed by atoms with Crippen LogP contribution in [0.3, 0.4) is 0 Å². The van der Waals surface area contributed by atoms with E-state index in [-0.39, 0.29) is 5.97 Å². The Morgan fingerprint density at radius 2 is 2.33 bits per heavy atom. The summed E-state index contributed by atoms with van der Waals surface area (Å²) in [7, 11) is 1.37. The van der Waals surface area contributed by atoms with Gasteiger partial charge < -0.3 is 9.84 Å². The summed E-state index contributed by atoms with van der Waals surface area (Å²) in [5, 5.41) is 9.66. The SMILES string of the molecule is COC(=O)c1ccc2c(c1C)SCC2O. The van der Waals surface area contributed by atoms with Crippen molar-refractivity contribution in [1.29, 1.82) is 0 Å². The molecule has 1 unspecified atom stereocenters. The fourth-order valence-corrected chi connectivity index (χ4v) is 2.95. The Labute approximate surface area is 92.4 Å². The first-order chi connectivity index (χ1) is 7.15. The summed E-state index contributed by atoms with van der Waals surface area (Å²) in [5.41, 5.74) is 2.41. The second-order valence-corrected chi connectivity index (χ2v) is 4.51. The first-order valence-electron chi connectivity index (χ1n) is 4.68. The van der Waals surface area contributed by atoms with Crippen molar-refractivity contribution in [3.63, 3.8) is 0 Å². The van der Waals surface area contributed by atoms with Gasteiger partial charge >= 0.3 is 5.97 Å². The third-order valence-corrected chi connectivity index (χ3v) is 3.90. The van der Waals surface area contributed by atoms with Crippen LogP contribution in [0.25, 0.3) is 0 Å². The van der Waals surface area contributed by atoms with Gasteiger partial charge in [0.25, 0.3) is 0 Å². The molecule has 0 aliphatic carbocycles. The van der Waals surface area contributed by atoms with Crippen LogP contribution in [0.2, 0.25) is 0 Å². The molecule has 1 aromatic carbocycles. The van der Waals surface area contributed by atoms with E-state index in [1.165, 1.54) is 7.11 Å². The van der Waals surface area contributed by atoms with Crippen LogP contribution in [0.5, 0.6) is 0 Å². The molecule has 0 radical (unpaired) electrons.